The maximum Gasteiger partial charge on any atom is 0.332 e. The number of pyridine rings is 1. The van der Waals surface area contributed by atoms with E-state index in [1.807, 2.05) is 30.5 Å². The van der Waals surface area contributed by atoms with E-state index in [4.69, 9.17) is 0 Å². The molecule has 6 rings (SSSR count). The quantitative estimate of drug-likeness (QED) is 0.207. The molecule has 1 aliphatic carbocycles. The van der Waals surface area contributed by atoms with E-state index < -0.39 is 21.1 Å². The Bertz CT molecular complexity index is 1890. The Morgan fingerprint density at radius 2 is 1.60 bits per heavy atom. The van der Waals surface area contributed by atoms with E-state index in [0.717, 1.165) is 21.5 Å². The molecule has 1 amide bonds. The van der Waals surface area contributed by atoms with E-state index >= 15 is 0 Å². The number of hydrogen-bond donors (Lipinski definition) is 2. The predicted molar refractivity (Wildman–Crippen MR) is 174 cm³/mol. The molecule has 11 heteroatoms. The molecule has 1 saturated carbocycles. The number of hydrogen-bond acceptors (Lipinski definition) is 7. The van der Waals surface area contributed by atoms with Crippen LogP contribution in [0.15, 0.2) is 87.5 Å². The molecule has 2 aliphatic rings. The Balaban J connectivity index is 1.10. The van der Waals surface area contributed by atoms with Gasteiger partial charge in [0.2, 0.25) is 0 Å². The zero-order valence-corrected chi connectivity index (χ0v) is 25.9. The zero-order valence-electron chi connectivity index (χ0n) is 25.1. The van der Waals surface area contributed by atoms with Crippen molar-refractivity contribution < 1.29 is 13.2 Å². The summed E-state index contributed by atoms with van der Waals surface area (Å²) in [6.07, 6.45) is 8.64. The molecular formula is C34H37N5O5S. The van der Waals surface area contributed by atoms with E-state index in [0.29, 0.717) is 30.0 Å². The Hall–Kier alpha value is -4.51. The van der Waals surface area contributed by atoms with Crippen LogP contribution in [0.2, 0.25) is 0 Å². The molecule has 0 saturated heterocycles. The summed E-state index contributed by atoms with van der Waals surface area (Å²) < 4.78 is 28.2. The highest BCUT2D eigenvalue weighted by atomic mass is 32.2. The van der Waals surface area contributed by atoms with E-state index in [9.17, 15) is 22.8 Å². The molecule has 0 spiro atoms. The second-order valence-corrected chi connectivity index (χ2v) is 13.7. The van der Waals surface area contributed by atoms with Crippen molar-refractivity contribution in [3.8, 4) is 22.3 Å². The van der Waals surface area contributed by atoms with Crippen LogP contribution in [0.4, 0.5) is 5.82 Å². The summed E-state index contributed by atoms with van der Waals surface area (Å²) in [6, 6.07) is 20.3. The summed E-state index contributed by atoms with van der Waals surface area (Å²) >= 11 is 0. The summed E-state index contributed by atoms with van der Waals surface area (Å²) in [7, 11) is -3.79. The lowest BCUT2D eigenvalue weighted by atomic mass is 9.95. The number of benzene rings is 2. The maximum atomic E-state index is 13.5. The van der Waals surface area contributed by atoms with Crippen LogP contribution in [0.1, 0.15) is 55.3 Å². The van der Waals surface area contributed by atoms with E-state index in [1.54, 1.807) is 42.5 Å². The first kappa shape index (κ1) is 30.5. The van der Waals surface area contributed by atoms with E-state index in [1.165, 1.54) is 36.7 Å². The minimum Gasteiger partial charge on any atom is -0.367 e. The molecule has 0 radical (unpaired) electrons. The zero-order chi connectivity index (χ0) is 31.4. The van der Waals surface area contributed by atoms with Gasteiger partial charge in [-0.1, -0.05) is 61.7 Å². The fourth-order valence-electron chi connectivity index (χ4n) is 6.22. The predicted octanol–water partition coefficient (Wildman–Crippen LogP) is 4.48. The topological polar surface area (TPSA) is 132 Å². The molecule has 0 bridgehead atoms. The van der Waals surface area contributed by atoms with Gasteiger partial charge in [0.15, 0.2) is 14.9 Å². The van der Waals surface area contributed by atoms with Crippen molar-refractivity contribution in [2.45, 2.75) is 69.1 Å². The highest BCUT2D eigenvalue weighted by Gasteiger charge is 2.32. The van der Waals surface area contributed by atoms with Gasteiger partial charge in [-0.25, -0.2) is 18.2 Å². The molecule has 0 atom stereocenters. The normalized spacial score (nSPS) is 16.1. The number of anilines is 1. The number of amides is 1. The van der Waals surface area contributed by atoms with Crippen molar-refractivity contribution in [3.63, 3.8) is 0 Å². The van der Waals surface area contributed by atoms with Crippen LogP contribution >= 0.6 is 0 Å². The molecule has 4 aromatic rings. The number of rotatable bonds is 9. The molecule has 10 nitrogen and oxygen atoms in total. The lowest BCUT2D eigenvalue weighted by Gasteiger charge is -2.23. The van der Waals surface area contributed by atoms with E-state index in [-0.39, 0.29) is 41.9 Å². The number of sulfone groups is 1. The Morgan fingerprint density at radius 3 is 2.31 bits per heavy atom. The molecule has 3 heterocycles. The van der Waals surface area contributed by atoms with Gasteiger partial charge in [0.05, 0.1) is 11.3 Å². The third-order valence-electron chi connectivity index (χ3n) is 8.58. The lowest BCUT2D eigenvalue weighted by molar-refractivity contribution is 0.0952. The summed E-state index contributed by atoms with van der Waals surface area (Å²) in [4.78, 5) is 44.2. The molecule has 1 aliphatic heterocycles. The molecule has 234 valence electrons. The summed E-state index contributed by atoms with van der Waals surface area (Å²) in [5, 5.41) is 6.18. The van der Waals surface area contributed by atoms with Crippen molar-refractivity contribution in [2.24, 2.45) is 0 Å². The fraction of sp³-hybridized carbons (Fsp3) is 0.353. The number of carbonyl (C=O) groups is 1. The average molecular weight is 628 g/mol. The third-order valence-corrected chi connectivity index (χ3v) is 10.4. The summed E-state index contributed by atoms with van der Waals surface area (Å²) in [5.74, 6) is 0.504. The smallest absolute Gasteiger partial charge is 0.332 e. The average Bonchev–Trinajstić information content (AvgIpc) is 3.06. The van der Waals surface area contributed by atoms with Gasteiger partial charge in [-0.15, -0.1) is 0 Å². The van der Waals surface area contributed by atoms with Crippen LogP contribution in [0, 0.1) is 0 Å². The number of fused-ring (bicyclic) bond motifs is 1. The van der Waals surface area contributed by atoms with Gasteiger partial charge in [-0.05, 0) is 61.1 Å². The molecule has 45 heavy (non-hydrogen) atoms. The standard InChI is InChI=1S/C34H37N5O5S/c40-31(26-15-13-24(14-16-26)27-17-18-29(36-23-27)37-28-11-5-2-6-12-28)35-19-7-20-38-32(41)30(25-9-3-1-4-10-25)33-39(34(38)42)21-8-22-45(33,43)44/h1,3-4,9-10,13-18,23,28H,2,5-8,11-12,19-22H2,(H,35,40)(H,36,37). The Labute approximate surface area is 262 Å². The summed E-state index contributed by atoms with van der Waals surface area (Å²) in [6.45, 7) is 0.486. The monoisotopic (exact) mass is 627 g/mol. The van der Waals surface area contributed by atoms with Crippen LogP contribution in [-0.2, 0) is 22.9 Å². The van der Waals surface area contributed by atoms with Crippen molar-refractivity contribution in [1.82, 2.24) is 19.4 Å². The van der Waals surface area contributed by atoms with Crippen LogP contribution < -0.4 is 21.9 Å². The van der Waals surface area contributed by atoms with Crippen molar-refractivity contribution in [1.29, 1.82) is 0 Å². The van der Waals surface area contributed by atoms with Crippen molar-refractivity contribution in [3.05, 3.63) is 99.3 Å². The van der Waals surface area contributed by atoms with Crippen LogP contribution in [0.25, 0.3) is 22.3 Å². The summed E-state index contributed by atoms with van der Waals surface area (Å²) in [5.41, 5.74) is 1.58. The van der Waals surface area contributed by atoms with Gasteiger partial charge in [-0.2, -0.15) is 0 Å². The van der Waals surface area contributed by atoms with Gasteiger partial charge < -0.3 is 10.6 Å². The fourth-order valence-corrected chi connectivity index (χ4v) is 7.94. The van der Waals surface area contributed by atoms with Gasteiger partial charge in [0, 0.05) is 43.0 Å². The van der Waals surface area contributed by atoms with Gasteiger partial charge in [0.25, 0.3) is 11.5 Å². The maximum absolute atomic E-state index is 13.5. The molecule has 2 N–H and O–H groups in total. The second kappa shape index (κ2) is 13.2. The van der Waals surface area contributed by atoms with Crippen molar-refractivity contribution >= 4 is 21.6 Å². The SMILES string of the molecule is O=C(NCCCn1c(=O)c(-c2ccccc2)c2n(c1=O)CCCS2(=O)=O)c1ccc(-c2ccc(NC3CCCCC3)nc2)cc1. The number of carbonyl (C=O) groups excluding carboxylic acids is 1. The Kier molecular flexibility index (Phi) is 8.97. The third kappa shape index (κ3) is 6.63. The first-order valence-electron chi connectivity index (χ1n) is 15.6. The van der Waals surface area contributed by atoms with Gasteiger partial charge in [0.1, 0.15) is 5.82 Å². The van der Waals surface area contributed by atoms with Gasteiger partial charge in [-0.3, -0.25) is 18.7 Å². The lowest BCUT2D eigenvalue weighted by Crippen LogP contribution is -2.45. The largest absolute Gasteiger partial charge is 0.367 e. The number of nitrogens with zero attached hydrogens (tertiary/aromatic N) is 3. The first-order valence-corrected chi connectivity index (χ1v) is 17.2. The highest BCUT2D eigenvalue weighted by molar-refractivity contribution is 7.91. The van der Waals surface area contributed by atoms with Crippen LogP contribution in [0.3, 0.4) is 0 Å². The van der Waals surface area contributed by atoms with E-state index in [2.05, 4.69) is 15.6 Å². The van der Waals surface area contributed by atoms with Crippen molar-refractivity contribution in [2.75, 3.05) is 17.6 Å². The molecule has 2 aromatic carbocycles. The Morgan fingerprint density at radius 1 is 0.867 bits per heavy atom. The minimum atomic E-state index is -3.79. The molecule has 2 aromatic heterocycles. The van der Waals surface area contributed by atoms with Crippen LogP contribution in [0.5, 0.6) is 0 Å². The van der Waals surface area contributed by atoms with Gasteiger partial charge >= 0.3 is 5.69 Å². The number of nitrogens with one attached hydrogen (secondary N) is 2. The number of aromatic nitrogens is 3. The highest BCUT2D eigenvalue weighted by Crippen LogP contribution is 2.27. The van der Waals surface area contributed by atoms with Crippen LogP contribution in [-0.4, -0.2) is 46.8 Å². The molecule has 0 unspecified atom stereocenters. The molecule has 1 fully saturated rings. The minimum absolute atomic E-state index is 0.0179. The second-order valence-electron chi connectivity index (χ2n) is 11.7. The molecular weight excluding hydrogens is 590 g/mol. The first-order chi connectivity index (χ1) is 21.8.